The van der Waals surface area contributed by atoms with Crippen LogP contribution in [0.3, 0.4) is 0 Å². The molecule has 0 atom stereocenters. The maximum atomic E-state index is 11.2. The molecule has 0 radical (unpaired) electrons. The Morgan fingerprint density at radius 1 is 1.00 bits per heavy atom. The fourth-order valence-corrected chi connectivity index (χ4v) is 2.55. The van der Waals surface area contributed by atoms with Gasteiger partial charge in [-0.3, -0.25) is 15.5 Å². The van der Waals surface area contributed by atoms with Crippen molar-refractivity contribution in [1.82, 2.24) is 0 Å². The van der Waals surface area contributed by atoms with Crippen LogP contribution >= 0.6 is 0 Å². The van der Waals surface area contributed by atoms with E-state index in [0.717, 1.165) is 11.3 Å². The van der Waals surface area contributed by atoms with Crippen molar-refractivity contribution in [3.8, 4) is 11.5 Å². The van der Waals surface area contributed by atoms with Gasteiger partial charge in [0.25, 0.3) is 0 Å². The van der Waals surface area contributed by atoms with Gasteiger partial charge in [0.15, 0.2) is 5.75 Å². The number of nitro benzene ring substituents is 1. The summed E-state index contributed by atoms with van der Waals surface area (Å²) >= 11 is 0. The minimum absolute atomic E-state index is 0.337. The minimum atomic E-state index is -0.765. The van der Waals surface area contributed by atoms with Crippen molar-refractivity contribution in [2.75, 3.05) is 5.43 Å². The van der Waals surface area contributed by atoms with E-state index >= 15 is 0 Å². The van der Waals surface area contributed by atoms with Gasteiger partial charge in [-0.25, -0.2) is 0 Å². The molecule has 0 spiro atoms. The van der Waals surface area contributed by atoms with Gasteiger partial charge >= 0.3 is 5.69 Å². The molecule has 7 nitrogen and oxygen atoms in total. The maximum absolute atomic E-state index is 11.2. The molecule has 0 saturated carbocycles. The maximum Gasteiger partial charge on any atom is 0.315 e. The minimum Gasteiger partial charge on any atom is -0.504 e. The molecule has 0 aliphatic rings. The van der Waals surface area contributed by atoms with Crippen molar-refractivity contribution < 1.29 is 15.1 Å². The first-order valence-electron chi connectivity index (χ1n) is 8.17. The number of nitrogens with one attached hydrogen (secondary N) is 1. The average Bonchev–Trinajstić information content (AvgIpc) is 2.68. The lowest BCUT2D eigenvalue weighted by atomic mass is 10.0. The Bertz CT molecular complexity index is 973. The van der Waals surface area contributed by atoms with E-state index < -0.39 is 22.1 Å². The normalized spacial score (nSPS) is 11.2. The number of hydrogen-bond donors (Lipinski definition) is 3. The Hall–Kier alpha value is -3.87. The number of anilines is 1. The number of rotatable bonds is 6. The summed E-state index contributed by atoms with van der Waals surface area (Å²) in [6.45, 7) is 0. The highest BCUT2D eigenvalue weighted by atomic mass is 16.6. The van der Waals surface area contributed by atoms with E-state index in [9.17, 15) is 20.3 Å². The molecule has 0 saturated heterocycles. The summed E-state index contributed by atoms with van der Waals surface area (Å²) in [6.07, 6.45) is 0.377. The van der Waals surface area contributed by atoms with Crippen LogP contribution in [0.1, 0.15) is 11.1 Å². The SMILES string of the molecule is O=[N+]([O-])c1cc(/C(Cc2ccccc2)=N/Nc2ccccc2)cc(O)c1O. The van der Waals surface area contributed by atoms with Gasteiger partial charge in [0.2, 0.25) is 5.75 Å². The Morgan fingerprint density at radius 3 is 2.26 bits per heavy atom. The Labute approximate surface area is 155 Å². The molecule has 3 N–H and O–H groups in total. The highest BCUT2D eigenvalue weighted by Crippen LogP contribution is 2.36. The van der Waals surface area contributed by atoms with Gasteiger partial charge in [-0.2, -0.15) is 5.10 Å². The molecule has 0 fully saturated rings. The summed E-state index contributed by atoms with van der Waals surface area (Å²) in [7, 11) is 0. The first kappa shape index (κ1) is 17.9. The number of benzene rings is 3. The smallest absolute Gasteiger partial charge is 0.315 e. The van der Waals surface area contributed by atoms with Crippen LogP contribution in [0.25, 0.3) is 0 Å². The van der Waals surface area contributed by atoms with E-state index in [2.05, 4.69) is 10.5 Å². The van der Waals surface area contributed by atoms with Crippen LogP contribution in [0.15, 0.2) is 77.9 Å². The van der Waals surface area contributed by atoms with E-state index in [1.165, 1.54) is 12.1 Å². The number of phenols is 2. The van der Waals surface area contributed by atoms with Crippen LogP contribution in [0.5, 0.6) is 11.5 Å². The van der Waals surface area contributed by atoms with E-state index in [-0.39, 0.29) is 0 Å². The first-order valence-corrected chi connectivity index (χ1v) is 8.17. The predicted molar refractivity (Wildman–Crippen MR) is 103 cm³/mol. The third-order valence-electron chi connectivity index (χ3n) is 3.91. The van der Waals surface area contributed by atoms with Gasteiger partial charge in [-0.05, 0) is 23.8 Å². The molecule has 3 rings (SSSR count). The van der Waals surface area contributed by atoms with Crippen LogP contribution in [0.4, 0.5) is 11.4 Å². The molecule has 0 aliphatic carbocycles. The monoisotopic (exact) mass is 363 g/mol. The third-order valence-corrected chi connectivity index (χ3v) is 3.91. The number of phenolic OH excluding ortho intramolecular Hbond substituents is 2. The van der Waals surface area contributed by atoms with Gasteiger partial charge < -0.3 is 10.2 Å². The zero-order valence-corrected chi connectivity index (χ0v) is 14.2. The average molecular weight is 363 g/mol. The molecule has 3 aromatic rings. The molecule has 7 heteroatoms. The Balaban J connectivity index is 2.02. The van der Waals surface area contributed by atoms with Gasteiger partial charge in [0.05, 0.1) is 16.3 Å². The number of aromatic hydroxyl groups is 2. The zero-order chi connectivity index (χ0) is 19.2. The van der Waals surface area contributed by atoms with Crippen molar-refractivity contribution in [3.63, 3.8) is 0 Å². The van der Waals surface area contributed by atoms with Crippen LogP contribution in [0, 0.1) is 10.1 Å². The molecule has 0 heterocycles. The van der Waals surface area contributed by atoms with Crippen LogP contribution in [-0.2, 0) is 6.42 Å². The Kier molecular flexibility index (Phi) is 5.32. The summed E-state index contributed by atoms with van der Waals surface area (Å²) < 4.78 is 0. The molecule has 27 heavy (non-hydrogen) atoms. The largest absolute Gasteiger partial charge is 0.504 e. The summed E-state index contributed by atoms with van der Waals surface area (Å²) in [5.41, 5.74) is 4.85. The van der Waals surface area contributed by atoms with Crippen molar-refractivity contribution in [2.24, 2.45) is 5.10 Å². The molecule has 3 aromatic carbocycles. The van der Waals surface area contributed by atoms with E-state index in [1.54, 1.807) is 0 Å². The third kappa shape index (κ3) is 4.40. The second kappa shape index (κ2) is 8.01. The number of nitro groups is 1. The van der Waals surface area contributed by atoms with Crippen LogP contribution < -0.4 is 5.43 Å². The highest BCUT2D eigenvalue weighted by molar-refractivity contribution is 6.03. The topological polar surface area (TPSA) is 108 Å². The quantitative estimate of drug-likeness (QED) is 0.265. The summed E-state index contributed by atoms with van der Waals surface area (Å²) in [6, 6.07) is 21.2. The Morgan fingerprint density at radius 2 is 1.63 bits per heavy atom. The molecule has 0 unspecified atom stereocenters. The van der Waals surface area contributed by atoms with Crippen LogP contribution in [0.2, 0.25) is 0 Å². The van der Waals surface area contributed by atoms with E-state index in [1.807, 2.05) is 60.7 Å². The zero-order valence-electron chi connectivity index (χ0n) is 14.2. The molecule has 0 bridgehead atoms. The van der Waals surface area contributed by atoms with E-state index in [0.29, 0.717) is 17.7 Å². The molecule has 0 aromatic heterocycles. The van der Waals surface area contributed by atoms with Crippen molar-refractivity contribution in [2.45, 2.75) is 6.42 Å². The summed E-state index contributed by atoms with van der Waals surface area (Å²) in [5, 5.41) is 35.2. The van der Waals surface area contributed by atoms with Crippen molar-refractivity contribution >= 4 is 17.1 Å². The molecule has 0 amide bonds. The standard InChI is InChI=1S/C20H17N3O4/c24-19-13-15(12-18(20(19)25)23(26)27)17(11-14-7-3-1-4-8-14)22-21-16-9-5-2-6-10-16/h1-10,12-13,21,24-25H,11H2/b22-17+. The lowest BCUT2D eigenvalue weighted by Crippen LogP contribution is -2.09. The fourth-order valence-electron chi connectivity index (χ4n) is 2.55. The second-order valence-corrected chi connectivity index (χ2v) is 5.82. The first-order chi connectivity index (χ1) is 13.0. The van der Waals surface area contributed by atoms with Gasteiger partial charge in [-0.1, -0.05) is 48.5 Å². The molecule has 0 aliphatic heterocycles. The van der Waals surface area contributed by atoms with Gasteiger partial charge in [0.1, 0.15) is 0 Å². The van der Waals surface area contributed by atoms with Crippen molar-refractivity contribution in [1.29, 1.82) is 0 Å². The molecular weight excluding hydrogens is 346 g/mol. The summed E-state index contributed by atoms with van der Waals surface area (Å²) in [5.74, 6) is -1.33. The number of hydrazone groups is 1. The van der Waals surface area contributed by atoms with Gasteiger partial charge in [-0.15, -0.1) is 0 Å². The van der Waals surface area contributed by atoms with Crippen LogP contribution in [-0.4, -0.2) is 20.8 Å². The second-order valence-electron chi connectivity index (χ2n) is 5.82. The lowest BCUT2D eigenvalue weighted by molar-refractivity contribution is -0.386. The van der Waals surface area contributed by atoms with Crippen molar-refractivity contribution in [3.05, 3.63) is 94.0 Å². The number of nitrogens with zero attached hydrogens (tertiary/aromatic N) is 2. The number of hydrogen-bond acceptors (Lipinski definition) is 6. The molecule has 136 valence electrons. The fraction of sp³-hybridized carbons (Fsp3) is 0.0500. The number of para-hydroxylation sites is 1. The lowest BCUT2D eigenvalue weighted by Gasteiger charge is -2.10. The summed E-state index contributed by atoms with van der Waals surface area (Å²) in [4.78, 5) is 10.4. The van der Waals surface area contributed by atoms with E-state index in [4.69, 9.17) is 0 Å². The molecular formula is C20H17N3O4. The predicted octanol–water partition coefficient (Wildman–Crippen LogP) is 4.06. The highest BCUT2D eigenvalue weighted by Gasteiger charge is 2.21. The van der Waals surface area contributed by atoms with Gasteiger partial charge in [0, 0.05) is 18.1 Å².